The standard InChI is InChI=1S/C22H20ClF3N2O4/c1-14-10-18(6-9-21(29)30)27-28(14)12-16-11-19(32-22(24,25)26)7-8-20(16)31-13-15-2-4-17(23)5-3-15/h2-5,7-8,10-11H,6,9,12-13H2,1H3,(H,29,30). The molecule has 0 fully saturated rings. The average Bonchev–Trinajstić information content (AvgIpc) is 3.05. The van der Waals surface area contributed by atoms with Gasteiger partial charge >= 0.3 is 12.3 Å². The number of aliphatic carboxylic acids is 1. The SMILES string of the molecule is Cc1cc(CCC(=O)O)nn1Cc1cc(OC(F)(F)F)ccc1OCc1ccc(Cl)cc1. The summed E-state index contributed by atoms with van der Waals surface area (Å²) in [6.45, 7) is 2.08. The molecule has 3 aromatic rings. The first kappa shape index (κ1) is 23.5. The molecule has 0 spiro atoms. The highest BCUT2D eigenvalue weighted by Crippen LogP contribution is 2.30. The Morgan fingerprint density at radius 3 is 2.53 bits per heavy atom. The Morgan fingerprint density at radius 1 is 1.16 bits per heavy atom. The van der Waals surface area contributed by atoms with Crippen molar-refractivity contribution in [3.8, 4) is 11.5 Å². The van der Waals surface area contributed by atoms with Crippen molar-refractivity contribution < 1.29 is 32.5 Å². The normalized spacial score (nSPS) is 11.4. The quantitative estimate of drug-likeness (QED) is 0.456. The Labute approximate surface area is 187 Å². The summed E-state index contributed by atoms with van der Waals surface area (Å²) >= 11 is 5.88. The Kier molecular flexibility index (Phi) is 7.29. The second-order valence-electron chi connectivity index (χ2n) is 7.06. The fourth-order valence-electron chi connectivity index (χ4n) is 3.02. The number of nitrogens with zero attached hydrogens (tertiary/aromatic N) is 2. The van der Waals surface area contributed by atoms with Crippen molar-refractivity contribution in [1.29, 1.82) is 0 Å². The lowest BCUT2D eigenvalue weighted by Crippen LogP contribution is -2.17. The zero-order chi connectivity index (χ0) is 23.3. The van der Waals surface area contributed by atoms with Gasteiger partial charge in [-0.05, 0) is 48.9 Å². The molecule has 1 aromatic heterocycles. The van der Waals surface area contributed by atoms with Crippen LogP contribution in [-0.4, -0.2) is 27.2 Å². The molecule has 0 atom stereocenters. The minimum Gasteiger partial charge on any atom is -0.489 e. The molecule has 0 unspecified atom stereocenters. The topological polar surface area (TPSA) is 73.6 Å². The monoisotopic (exact) mass is 468 g/mol. The first-order chi connectivity index (χ1) is 15.1. The number of alkyl halides is 3. The van der Waals surface area contributed by atoms with Crippen LogP contribution in [-0.2, 0) is 24.4 Å². The predicted molar refractivity (Wildman–Crippen MR) is 111 cm³/mol. The van der Waals surface area contributed by atoms with Gasteiger partial charge in [0.15, 0.2) is 0 Å². The molecule has 0 aliphatic rings. The Balaban J connectivity index is 1.84. The number of halogens is 4. The summed E-state index contributed by atoms with van der Waals surface area (Å²) in [4.78, 5) is 10.8. The van der Waals surface area contributed by atoms with Gasteiger partial charge in [0.05, 0.1) is 18.7 Å². The van der Waals surface area contributed by atoms with Gasteiger partial charge in [-0.2, -0.15) is 5.10 Å². The first-order valence-corrected chi connectivity index (χ1v) is 9.98. The van der Waals surface area contributed by atoms with Gasteiger partial charge in [-0.1, -0.05) is 23.7 Å². The summed E-state index contributed by atoms with van der Waals surface area (Å²) in [5, 5.41) is 13.8. The summed E-state index contributed by atoms with van der Waals surface area (Å²) in [6.07, 6.45) is -4.64. The van der Waals surface area contributed by atoms with Crippen molar-refractivity contribution in [1.82, 2.24) is 9.78 Å². The number of hydrogen-bond acceptors (Lipinski definition) is 4. The molecule has 0 aliphatic heterocycles. The van der Waals surface area contributed by atoms with E-state index >= 15 is 0 Å². The number of hydrogen-bond donors (Lipinski definition) is 1. The maximum absolute atomic E-state index is 12.7. The summed E-state index contributed by atoms with van der Waals surface area (Å²) in [7, 11) is 0. The van der Waals surface area contributed by atoms with E-state index < -0.39 is 12.3 Å². The van der Waals surface area contributed by atoms with Gasteiger partial charge in [-0.3, -0.25) is 9.48 Å². The number of ether oxygens (including phenoxy) is 2. The Morgan fingerprint density at radius 2 is 1.88 bits per heavy atom. The van der Waals surface area contributed by atoms with Gasteiger partial charge < -0.3 is 14.6 Å². The van der Waals surface area contributed by atoms with E-state index in [4.69, 9.17) is 21.4 Å². The number of benzene rings is 2. The second-order valence-corrected chi connectivity index (χ2v) is 7.50. The highest BCUT2D eigenvalue weighted by molar-refractivity contribution is 6.30. The van der Waals surface area contributed by atoms with E-state index in [2.05, 4.69) is 9.84 Å². The molecule has 0 bridgehead atoms. The van der Waals surface area contributed by atoms with E-state index in [1.165, 1.54) is 18.2 Å². The summed E-state index contributed by atoms with van der Waals surface area (Å²) in [5.74, 6) is -0.939. The highest BCUT2D eigenvalue weighted by atomic mass is 35.5. The van der Waals surface area contributed by atoms with Gasteiger partial charge in [-0.25, -0.2) is 0 Å². The van der Waals surface area contributed by atoms with E-state index in [1.807, 2.05) is 0 Å². The minimum absolute atomic E-state index is 0.0686. The molecule has 0 saturated carbocycles. The van der Waals surface area contributed by atoms with Crippen LogP contribution in [0.4, 0.5) is 13.2 Å². The van der Waals surface area contributed by atoms with Gasteiger partial charge in [-0.15, -0.1) is 13.2 Å². The van der Waals surface area contributed by atoms with Crippen molar-refractivity contribution in [2.45, 2.75) is 39.3 Å². The van der Waals surface area contributed by atoms with Gasteiger partial charge in [0.25, 0.3) is 0 Å². The molecule has 1 heterocycles. The van der Waals surface area contributed by atoms with Gasteiger partial charge in [0.1, 0.15) is 18.1 Å². The minimum atomic E-state index is -4.82. The Hall–Kier alpha value is -3.20. The zero-order valence-corrected chi connectivity index (χ0v) is 17.8. The molecule has 0 saturated heterocycles. The van der Waals surface area contributed by atoms with Crippen molar-refractivity contribution >= 4 is 17.6 Å². The molecule has 2 aromatic carbocycles. The lowest BCUT2D eigenvalue weighted by molar-refractivity contribution is -0.274. The number of rotatable bonds is 9. The summed E-state index contributed by atoms with van der Waals surface area (Å²) in [5.41, 5.74) is 2.58. The predicted octanol–water partition coefficient (Wildman–Crippen LogP) is 5.39. The molecular formula is C22H20ClF3N2O4. The first-order valence-electron chi connectivity index (χ1n) is 9.60. The lowest BCUT2D eigenvalue weighted by atomic mass is 10.1. The summed E-state index contributed by atoms with van der Waals surface area (Å²) < 4.78 is 49.5. The summed E-state index contributed by atoms with van der Waals surface area (Å²) in [6, 6.07) is 12.6. The van der Waals surface area contributed by atoms with E-state index in [0.29, 0.717) is 22.0 Å². The van der Waals surface area contributed by atoms with Crippen LogP contribution in [0.1, 0.15) is 28.9 Å². The van der Waals surface area contributed by atoms with Crippen molar-refractivity contribution in [2.75, 3.05) is 0 Å². The fourth-order valence-corrected chi connectivity index (χ4v) is 3.14. The Bertz CT molecular complexity index is 1080. The van der Waals surface area contributed by atoms with Crippen LogP contribution >= 0.6 is 11.6 Å². The van der Waals surface area contributed by atoms with E-state index in [-0.39, 0.29) is 31.7 Å². The third kappa shape index (κ3) is 6.91. The molecule has 1 N–H and O–H groups in total. The zero-order valence-electron chi connectivity index (χ0n) is 17.0. The maximum atomic E-state index is 12.7. The highest BCUT2D eigenvalue weighted by Gasteiger charge is 2.31. The third-order valence-electron chi connectivity index (χ3n) is 4.52. The number of aromatic nitrogens is 2. The van der Waals surface area contributed by atoms with Gasteiger partial charge in [0, 0.05) is 22.7 Å². The maximum Gasteiger partial charge on any atom is 0.573 e. The molecule has 170 valence electrons. The fraction of sp³-hybridized carbons (Fsp3) is 0.273. The van der Waals surface area contributed by atoms with Gasteiger partial charge in [0.2, 0.25) is 0 Å². The number of carboxylic acid groups (broad SMARTS) is 1. The second kappa shape index (κ2) is 9.95. The van der Waals surface area contributed by atoms with Crippen molar-refractivity contribution in [2.24, 2.45) is 0 Å². The molecule has 32 heavy (non-hydrogen) atoms. The van der Waals surface area contributed by atoms with Crippen LogP contribution < -0.4 is 9.47 Å². The molecule has 0 radical (unpaired) electrons. The van der Waals surface area contributed by atoms with Crippen LogP contribution in [0.25, 0.3) is 0 Å². The number of carboxylic acids is 1. The molecule has 6 nitrogen and oxygen atoms in total. The van der Waals surface area contributed by atoms with E-state index in [0.717, 1.165) is 11.3 Å². The molecular weight excluding hydrogens is 449 g/mol. The molecule has 0 amide bonds. The van der Waals surface area contributed by atoms with Crippen LogP contribution in [0, 0.1) is 6.92 Å². The van der Waals surface area contributed by atoms with Crippen molar-refractivity contribution in [3.05, 3.63) is 76.1 Å². The van der Waals surface area contributed by atoms with E-state index in [9.17, 15) is 18.0 Å². The number of carbonyl (C=O) groups is 1. The lowest BCUT2D eigenvalue weighted by Gasteiger charge is -2.15. The smallest absolute Gasteiger partial charge is 0.489 e. The van der Waals surface area contributed by atoms with Crippen LogP contribution in [0.2, 0.25) is 5.02 Å². The number of aryl methyl sites for hydroxylation is 2. The van der Waals surface area contributed by atoms with Crippen LogP contribution in [0.3, 0.4) is 0 Å². The molecule has 3 rings (SSSR count). The van der Waals surface area contributed by atoms with Crippen LogP contribution in [0.15, 0.2) is 48.5 Å². The third-order valence-corrected chi connectivity index (χ3v) is 4.77. The average molecular weight is 469 g/mol. The van der Waals surface area contributed by atoms with Crippen molar-refractivity contribution in [3.63, 3.8) is 0 Å². The molecule has 0 aliphatic carbocycles. The molecule has 10 heteroatoms. The largest absolute Gasteiger partial charge is 0.573 e. The van der Waals surface area contributed by atoms with E-state index in [1.54, 1.807) is 41.9 Å². The van der Waals surface area contributed by atoms with Crippen LogP contribution in [0.5, 0.6) is 11.5 Å².